The van der Waals surface area contributed by atoms with Gasteiger partial charge in [0.1, 0.15) is 5.56 Å². The van der Waals surface area contributed by atoms with Crippen LogP contribution in [-0.2, 0) is 15.7 Å². The summed E-state index contributed by atoms with van der Waals surface area (Å²) in [5.74, 6) is -1.97. The molecule has 0 aliphatic carbocycles. The molecule has 26 heavy (non-hydrogen) atoms. The fourth-order valence-electron chi connectivity index (χ4n) is 2.26. The standard InChI is InChI=1S/C16H16F3N3O4/c1-26-8-2-3-13(23)21-10-4-6-11(7-5-10)22-14(16(17,18)19)12(9-20-22)15(24)25/h4-7,9H,2-3,8H2,1H3,(H,21,23)(H,24,25). The van der Waals surface area contributed by atoms with Gasteiger partial charge >= 0.3 is 12.1 Å². The first kappa shape index (κ1) is 19.4. The summed E-state index contributed by atoms with van der Waals surface area (Å²) in [6.07, 6.45) is -3.45. The van der Waals surface area contributed by atoms with Crippen LogP contribution >= 0.6 is 0 Å². The zero-order chi connectivity index (χ0) is 19.3. The van der Waals surface area contributed by atoms with E-state index in [0.717, 1.165) is 0 Å². The minimum absolute atomic E-state index is 0.0159. The Kier molecular flexibility index (Phi) is 5.98. The minimum Gasteiger partial charge on any atom is -0.478 e. The molecule has 1 aromatic carbocycles. The molecule has 2 N–H and O–H groups in total. The van der Waals surface area contributed by atoms with Crippen LogP contribution in [-0.4, -0.2) is 40.5 Å². The molecule has 0 unspecified atom stereocenters. The van der Waals surface area contributed by atoms with Gasteiger partial charge in [0.25, 0.3) is 0 Å². The highest BCUT2D eigenvalue weighted by Crippen LogP contribution is 2.33. The Hall–Kier alpha value is -2.88. The highest BCUT2D eigenvalue weighted by molar-refractivity contribution is 5.91. The van der Waals surface area contributed by atoms with Crippen LogP contribution in [0.1, 0.15) is 28.9 Å². The largest absolute Gasteiger partial charge is 0.478 e. The summed E-state index contributed by atoms with van der Waals surface area (Å²) in [7, 11) is 1.52. The Morgan fingerprint density at radius 2 is 1.92 bits per heavy atom. The number of hydrogen-bond donors (Lipinski definition) is 2. The lowest BCUT2D eigenvalue weighted by Crippen LogP contribution is -2.17. The smallest absolute Gasteiger partial charge is 0.434 e. The van der Waals surface area contributed by atoms with Gasteiger partial charge < -0.3 is 15.2 Å². The van der Waals surface area contributed by atoms with Crippen LogP contribution < -0.4 is 5.32 Å². The van der Waals surface area contributed by atoms with Crippen LogP contribution in [0.4, 0.5) is 18.9 Å². The number of carboxylic acids is 1. The summed E-state index contributed by atoms with van der Waals surface area (Å²) < 4.78 is 44.9. The maximum Gasteiger partial charge on any atom is 0.434 e. The van der Waals surface area contributed by atoms with Crippen LogP contribution in [0.3, 0.4) is 0 Å². The molecule has 1 heterocycles. The molecule has 0 aliphatic rings. The normalized spacial score (nSPS) is 11.4. The SMILES string of the molecule is COCCCC(=O)Nc1ccc(-n2ncc(C(=O)O)c2C(F)(F)F)cc1. The van der Waals surface area contributed by atoms with Gasteiger partial charge in [-0.05, 0) is 30.7 Å². The Labute approximate surface area is 146 Å². The predicted octanol–water partition coefficient (Wildman–Crippen LogP) is 2.95. The average Bonchev–Trinajstić information content (AvgIpc) is 3.01. The van der Waals surface area contributed by atoms with E-state index in [1.54, 1.807) is 0 Å². The molecule has 2 rings (SSSR count). The molecule has 0 bridgehead atoms. The van der Waals surface area contributed by atoms with Crippen molar-refractivity contribution < 1.29 is 32.6 Å². The van der Waals surface area contributed by atoms with Crippen LogP contribution in [0.15, 0.2) is 30.5 Å². The van der Waals surface area contributed by atoms with Crippen molar-refractivity contribution in [2.75, 3.05) is 19.0 Å². The molecule has 0 saturated heterocycles. The Morgan fingerprint density at radius 3 is 2.46 bits per heavy atom. The molecule has 1 aromatic heterocycles. The second-order valence-corrected chi connectivity index (χ2v) is 5.31. The summed E-state index contributed by atoms with van der Waals surface area (Å²) >= 11 is 0. The van der Waals surface area contributed by atoms with Crippen LogP contribution in [0.25, 0.3) is 5.69 Å². The Bertz CT molecular complexity index is 785. The van der Waals surface area contributed by atoms with Gasteiger partial charge in [-0.3, -0.25) is 4.79 Å². The lowest BCUT2D eigenvalue weighted by Gasteiger charge is -2.12. The minimum atomic E-state index is -4.89. The second kappa shape index (κ2) is 8.00. The average molecular weight is 371 g/mol. The topological polar surface area (TPSA) is 93.5 Å². The molecule has 0 fully saturated rings. The fraction of sp³-hybridized carbons (Fsp3) is 0.312. The second-order valence-electron chi connectivity index (χ2n) is 5.31. The number of nitrogens with zero attached hydrogens (tertiary/aromatic N) is 2. The molecule has 0 spiro atoms. The van der Waals surface area contributed by atoms with Gasteiger partial charge in [-0.15, -0.1) is 0 Å². The number of nitrogens with one attached hydrogen (secondary N) is 1. The quantitative estimate of drug-likeness (QED) is 0.730. The zero-order valence-electron chi connectivity index (χ0n) is 13.7. The molecule has 0 radical (unpaired) electrons. The van der Waals surface area contributed by atoms with Crippen molar-refractivity contribution in [2.45, 2.75) is 19.0 Å². The molecular formula is C16H16F3N3O4. The van der Waals surface area contributed by atoms with Gasteiger partial charge in [-0.2, -0.15) is 18.3 Å². The summed E-state index contributed by atoms with van der Waals surface area (Å²) in [5, 5.41) is 15.0. The van der Waals surface area contributed by atoms with E-state index in [9.17, 15) is 22.8 Å². The number of halogens is 3. The number of benzene rings is 1. The first-order valence-corrected chi connectivity index (χ1v) is 7.51. The van der Waals surface area contributed by atoms with E-state index in [-0.39, 0.29) is 18.0 Å². The van der Waals surface area contributed by atoms with E-state index in [2.05, 4.69) is 10.4 Å². The Morgan fingerprint density at radius 1 is 1.27 bits per heavy atom. The van der Waals surface area contributed by atoms with Crippen LogP contribution in [0, 0.1) is 0 Å². The molecule has 1 amide bonds. The number of alkyl halides is 3. The van der Waals surface area contributed by atoms with Gasteiger partial charge in [0.15, 0.2) is 5.69 Å². The van der Waals surface area contributed by atoms with Gasteiger partial charge in [-0.25, -0.2) is 9.48 Å². The number of ether oxygens (including phenoxy) is 1. The van der Waals surface area contributed by atoms with Crippen molar-refractivity contribution in [1.29, 1.82) is 0 Å². The number of carbonyl (C=O) groups is 2. The molecular weight excluding hydrogens is 355 g/mol. The summed E-state index contributed by atoms with van der Waals surface area (Å²) in [6, 6.07) is 5.43. The van der Waals surface area contributed by atoms with E-state index >= 15 is 0 Å². The number of aromatic nitrogens is 2. The van der Waals surface area contributed by atoms with Crippen molar-refractivity contribution in [1.82, 2.24) is 9.78 Å². The number of rotatable bonds is 7. The van der Waals surface area contributed by atoms with E-state index in [4.69, 9.17) is 9.84 Å². The molecule has 0 aliphatic heterocycles. The van der Waals surface area contributed by atoms with Crippen LogP contribution in [0.2, 0.25) is 0 Å². The molecule has 10 heteroatoms. The zero-order valence-corrected chi connectivity index (χ0v) is 13.7. The first-order chi connectivity index (χ1) is 12.2. The number of methoxy groups -OCH3 is 1. The molecule has 7 nitrogen and oxygen atoms in total. The predicted molar refractivity (Wildman–Crippen MR) is 85.3 cm³/mol. The third kappa shape index (κ3) is 4.60. The van der Waals surface area contributed by atoms with Crippen molar-refractivity contribution in [3.05, 3.63) is 41.7 Å². The lowest BCUT2D eigenvalue weighted by atomic mass is 10.2. The van der Waals surface area contributed by atoms with E-state index in [1.165, 1.54) is 31.4 Å². The fourth-order valence-corrected chi connectivity index (χ4v) is 2.26. The lowest BCUT2D eigenvalue weighted by molar-refractivity contribution is -0.143. The summed E-state index contributed by atoms with van der Waals surface area (Å²) in [5.41, 5.74) is -1.90. The van der Waals surface area contributed by atoms with Gasteiger partial charge in [-0.1, -0.05) is 0 Å². The molecule has 140 valence electrons. The van der Waals surface area contributed by atoms with Gasteiger partial charge in [0, 0.05) is 25.8 Å². The number of carbonyl (C=O) groups excluding carboxylic acids is 1. The summed E-state index contributed by atoms with van der Waals surface area (Å²) in [6.45, 7) is 0.442. The molecule has 0 atom stereocenters. The maximum absolute atomic E-state index is 13.2. The number of amides is 1. The maximum atomic E-state index is 13.2. The number of aromatic carboxylic acids is 1. The highest BCUT2D eigenvalue weighted by atomic mass is 19.4. The molecule has 2 aromatic rings. The van der Waals surface area contributed by atoms with Gasteiger partial charge in [0.2, 0.25) is 5.91 Å². The monoisotopic (exact) mass is 371 g/mol. The number of hydrogen-bond acceptors (Lipinski definition) is 4. The first-order valence-electron chi connectivity index (χ1n) is 7.51. The molecule has 0 saturated carbocycles. The van der Waals surface area contributed by atoms with E-state index in [1.807, 2.05) is 0 Å². The van der Waals surface area contributed by atoms with Crippen molar-refractivity contribution in [3.63, 3.8) is 0 Å². The van der Waals surface area contributed by atoms with E-state index < -0.39 is 23.4 Å². The Balaban J connectivity index is 2.21. The third-order valence-corrected chi connectivity index (χ3v) is 3.42. The van der Waals surface area contributed by atoms with E-state index in [0.29, 0.717) is 29.6 Å². The highest BCUT2D eigenvalue weighted by Gasteiger charge is 2.40. The van der Waals surface area contributed by atoms with Gasteiger partial charge in [0.05, 0.1) is 11.9 Å². The van der Waals surface area contributed by atoms with Crippen LogP contribution in [0.5, 0.6) is 0 Å². The third-order valence-electron chi connectivity index (χ3n) is 3.42. The van der Waals surface area contributed by atoms with Crippen molar-refractivity contribution in [2.24, 2.45) is 0 Å². The summed E-state index contributed by atoms with van der Waals surface area (Å²) in [4.78, 5) is 22.7. The number of carboxylic acid groups (broad SMARTS) is 1. The number of anilines is 1. The van der Waals surface area contributed by atoms with Crippen molar-refractivity contribution >= 4 is 17.6 Å². The van der Waals surface area contributed by atoms with Crippen molar-refractivity contribution in [3.8, 4) is 5.69 Å².